The van der Waals surface area contributed by atoms with Crippen LogP contribution in [0.4, 0.5) is 0 Å². The maximum Gasteiger partial charge on any atom is 0.108 e. The number of rotatable bonds is 18. The van der Waals surface area contributed by atoms with E-state index in [1.54, 1.807) is 17.3 Å². The van der Waals surface area contributed by atoms with Crippen LogP contribution in [0, 0.1) is 0 Å². The highest BCUT2D eigenvalue weighted by Gasteiger charge is 2.16. The molecule has 23 heavy (non-hydrogen) atoms. The Balaban J connectivity index is 0. The largest absolute Gasteiger partial charge is 1.00 e. The molecule has 0 aromatic rings. The van der Waals surface area contributed by atoms with Crippen LogP contribution < -0.4 is 4.70 Å². The van der Waals surface area contributed by atoms with Crippen LogP contribution in [0.3, 0.4) is 0 Å². The fourth-order valence-corrected chi connectivity index (χ4v) is 5.48. The molecule has 0 fully saturated rings. The highest BCUT2D eigenvalue weighted by atomic mass is 32.2. The summed E-state index contributed by atoms with van der Waals surface area (Å²) in [6.07, 6.45) is 21.9. The fourth-order valence-electron chi connectivity index (χ4n) is 3.04. The van der Waals surface area contributed by atoms with Crippen molar-refractivity contribution in [1.29, 1.82) is 0 Å². The van der Waals surface area contributed by atoms with Crippen molar-refractivity contribution in [2.75, 3.05) is 17.3 Å². The SMILES string of the molecule is CCCCCCC[S+](CCCCCCC)CCCCCCC.[F-]. The standard InChI is InChI=1S/C21H45S.FH/c1-4-7-10-13-16-19-22(20-17-14-11-8-5-2)21-18-15-12-9-6-3;/h4-21H2,1-3H3;1H/q+1;/p-1. The number of halogens is 1. The van der Waals surface area contributed by atoms with Crippen LogP contribution in [-0.4, -0.2) is 17.3 Å². The maximum atomic E-state index is 2.32. The van der Waals surface area contributed by atoms with E-state index in [0.717, 1.165) is 10.9 Å². The molecule has 0 saturated carbocycles. The molecule has 0 aromatic carbocycles. The fraction of sp³-hybridized carbons (Fsp3) is 1.00. The highest BCUT2D eigenvalue weighted by Crippen LogP contribution is 2.13. The number of hydrogen-bond acceptors (Lipinski definition) is 0. The lowest BCUT2D eigenvalue weighted by Gasteiger charge is -2.09. The zero-order valence-corrected chi connectivity index (χ0v) is 17.3. The molecule has 0 heterocycles. The zero-order valence-electron chi connectivity index (χ0n) is 16.5. The van der Waals surface area contributed by atoms with Gasteiger partial charge in [0.15, 0.2) is 0 Å². The molecule has 0 aromatic heterocycles. The molecule has 0 atom stereocenters. The van der Waals surface area contributed by atoms with Crippen molar-refractivity contribution in [3.05, 3.63) is 0 Å². The third kappa shape index (κ3) is 20.2. The minimum Gasteiger partial charge on any atom is -1.00 e. The molecule has 0 spiro atoms. The maximum absolute atomic E-state index is 2.32. The zero-order chi connectivity index (χ0) is 16.3. The van der Waals surface area contributed by atoms with E-state index in [-0.39, 0.29) is 4.70 Å². The van der Waals surface area contributed by atoms with E-state index < -0.39 is 0 Å². The Labute approximate surface area is 150 Å². The van der Waals surface area contributed by atoms with Gasteiger partial charge in [0.05, 0.1) is 0 Å². The van der Waals surface area contributed by atoms with Gasteiger partial charge in [0.25, 0.3) is 0 Å². The number of unbranched alkanes of at least 4 members (excludes halogenated alkanes) is 12. The van der Waals surface area contributed by atoms with Crippen molar-refractivity contribution < 1.29 is 4.70 Å². The van der Waals surface area contributed by atoms with Gasteiger partial charge in [-0.25, -0.2) is 0 Å². The quantitative estimate of drug-likeness (QED) is 0.252. The topological polar surface area (TPSA) is 0 Å². The minimum absolute atomic E-state index is 0. The second-order valence-corrected chi connectivity index (χ2v) is 9.42. The first-order chi connectivity index (χ1) is 10.8. The summed E-state index contributed by atoms with van der Waals surface area (Å²) in [5.74, 6) is 4.64. The molecule has 0 bridgehead atoms. The average molecular weight is 349 g/mol. The molecule has 0 nitrogen and oxygen atoms in total. The predicted octanol–water partition coefficient (Wildman–Crippen LogP) is 4.52. The van der Waals surface area contributed by atoms with Gasteiger partial charge in [-0.2, -0.15) is 0 Å². The summed E-state index contributed by atoms with van der Waals surface area (Å²) < 4.78 is 0. The summed E-state index contributed by atoms with van der Waals surface area (Å²) in [6.45, 7) is 6.95. The van der Waals surface area contributed by atoms with Crippen molar-refractivity contribution in [2.24, 2.45) is 0 Å². The van der Waals surface area contributed by atoms with Gasteiger partial charge in [-0.15, -0.1) is 0 Å². The Kier molecular flexibility index (Phi) is 24.7. The first-order valence-corrected chi connectivity index (χ1v) is 12.2. The minimum atomic E-state index is 0. The third-order valence-corrected chi connectivity index (χ3v) is 7.21. The lowest BCUT2D eigenvalue weighted by atomic mass is 10.2. The number of hydrogen-bond donors (Lipinski definition) is 0. The average Bonchev–Trinajstić information content (AvgIpc) is 2.53. The predicted molar refractivity (Wildman–Crippen MR) is 108 cm³/mol. The second-order valence-electron chi connectivity index (χ2n) is 6.97. The Hall–Kier alpha value is 0.280. The lowest BCUT2D eigenvalue weighted by molar-refractivity contribution is -0.00000501. The van der Waals surface area contributed by atoms with Gasteiger partial charge in [0, 0.05) is 0 Å². The van der Waals surface area contributed by atoms with E-state index in [1.165, 1.54) is 96.3 Å². The first kappa shape index (κ1) is 25.5. The molecule has 0 aliphatic rings. The van der Waals surface area contributed by atoms with E-state index in [9.17, 15) is 0 Å². The molecule has 0 aliphatic carbocycles. The van der Waals surface area contributed by atoms with Gasteiger partial charge in [-0.3, -0.25) is 0 Å². The van der Waals surface area contributed by atoms with Gasteiger partial charge in [0.1, 0.15) is 17.3 Å². The molecule has 0 amide bonds. The summed E-state index contributed by atoms with van der Waals surface area (Å²) in [4.78, 5) is 0. The Morgan fingerprint density at radius 2 is 0.652 bits per heavy atom. The van der Waals surface area contributed by atoms with Crippen LogP contribution in [0.2, 0.25) is 0 Å². The van der Waals surface area contributed by atoms with E-state index in [4.69, 9.17) is 0 Å². The van der Waals surface area contributed by atoms with E-state index in [1.807, 2.05) is 0 Å². The van der Waals surface area contributed by atoms with Crippen molar-refractivity contribution in [2.45, 2.75) is 117 Å². The van der Waals surface area contributed by atoms with Crippen molar-refractivity contribution in [3.63, 3.8) is 0 Å². The summed E-state index contributed by atoms with van der Waals surface area (Å²) >= 11 is 0. The molecule has 0 rings (SSSR count). The van der Waals surface area contributed by atoms with Crippen molar-refractivity contribution in [3.8, 4) is 0 Å². The van der Waals surface area contributed by atoms with E-state index >= 15 is 0 Å². The van der Waals surface area contributed by atoms with Crippen LogP contribution in [-0.2, 0) is 10.9 Å². The highest BCUT2D eigenvalue weighted by molar-refractivity contribution is 7.96. The Bertz CT molecular complexity index is 163. The molecule has 0 unspecified atom stereocenters. The van der Waals surface area contributed by atoms with Crippen LogP contribution in [0.25, 0.3) is 0 Å². The van der Waals surface area contributed by atoms with E-state index in [0.29, 0.717) is 0 Å². The van der Waals surface area contributed by atoms with Gasteiger partial charge < -0.3 is 4.70 Å². The normalized spacial score (nSPS) is 11.0. The monoisotopic (exact) mass is 348 g/mol. The molecule has 142 valence electrons. The summed E-state index contributed by atoms with van der Waals surface area (Å²) in [6, 6.07) is 0. The van der Waals surface area contributed by atoms with Crippen LogP contribution in [0.15, 0.2) is 0 Å². The summed E-state index contributed by atoms with van der Waals surface area (Å²) in [5, 5.41) is 0. The molecule has 0 saturated heterocycles. The molecular formula is C21H45FS. The van der Waals surface area contributed by atoms with Crippen LogP contribution >= 0.6 is 0 Å². The summed E-state index contributed by atoms with van der Waals surface area (Å²) in [5.41, 5.74) is 0. The Morgan fingerprint density at radius 1 is 0.391 bits per heavy atom. The van der Waals surface area contributed by atoms with Gasteiger partial charge in [-0.1, -0.05) is 78.6 Å². The van der Waals surface area contributed by atoms with Crippen LogP contribution in [0.1, 0.15) is 117 Å². The van der Waals surface area contributed by atoms with Gasteiger partial charge >= 0.3 is 0 Å². The molecule has 0 radical (unpaired) electrons. The lowest BCUT2D eigenvalue weighted by Crippen LogP contribution is -3.00. The first-order valence-electron chi connectivity index (χ1n) is 10.5. The molecule has 0 aliphatic heterocycles. The molecular weight excluding hydrogens is 303 g/mol. The Morgan fingerprint density at radius 3 is 0.913 bits per heavy atom. The van der Waals surface area contributed by atoms with Gasteiger partial charge in [-0.05, 0) is 49.4 Å². The summed E-state index contributed by atoms with van der Waals surface area (Å²) in [7, 11) is 0.759. The van der Waals surface area contributed by atoms with Crippen LogP contribution in [0.5, 0.6) is 0 Å². The molecule has 0 N–H and O–H groups in total. The van der Waals surface area contributed by atoms with Crippen molar-refractivity contribution >= 4 is 10.9 Å². The van der Waals surface area contributed by atoms with Crippen molar-refractivity contribution in [1.82, 2.24) is 0 Å². The molecule has 2 heteroatoms. The second kappa shape index (κ2) is 22.3. The van der Waals surface area contributed by atoms with E-state index in [2.05, 4.69) is 20.8 Å². The van der Waals surface area contributed by atoms with Gasteiger partial charge in [0.2, 0.25) is 0 Å². The third-order valence-electron chi connectivity index (χ3n) is 4.61. The smallest absolute Gasteiger partial charge is 0.108 e.